The summed E-state index contributed by atoms with van der Waals surface area (Å²) in [6, 6.07) is 8.39. The second kappa shape index (κ2) is 5.21. The Hall–Kier alpha value is -1.35. The highest BCUT2D eigenvalue weighted by atomic mass is 16.2. The first-order valence-electron chi connectivity index (χ1n) is 7.64. The monoisotopic (exact) mass is 272 g/mol. The minimum atomic E-state index is -0.0360. The second-order valence-electron chi connectivity index (χ2n) is 6.90. The van der Waals surface area contributed by atoms with E-state index in [1.165, 1.54) is 11.1 Å². The molecule has 3 rings (SSSR count). The average Bonchev–Trinajstić information content (AvgIpc) is 2.46. The molecule has 1 atom stereocenters. The molecule has 2 heterocycles. The van der Waals surface area contributed by atoms with Gasteiger partial charge in [-0.1, -0.05) is 38.1 Å². The zero-order valence-corrected chi connectivity index (χ0v) is 12.5. The molecule has 0 spiro atoms. The molecule has 0 bridgehead atoms. The van der Waals surface area contributed by atoms with Gasteiger partial charge in [-0.05, 0) is 35.8 Å². The van der Waals surface area contributed by atoms with E-state index >= 15 is 0 Å². The van der Waals surface area contributed by atoms with Crippen molar-refractivity contribution in [3.8, 4) is 0 Å². The topological polar surface area (TPSA) is 32.3 Å². The molecule has 20 heavy (non-hydrogen) atoms. The van der Waals surface area contributed by atoms with Crippen molar-refractivity contribution in [2.45, 2.75) is 45.7 Å². The first-order chi connectivity index (χ1) is 9.55. The van der Waals surface area contributed by atoms with Crippen LogP contribution < -0.4 is 5.32 Å². The predicted molar refractivity (Wildman–Crippen MR) is 80.4 cm³/mol. The summed E-state index contributed by atoms with van der Waals surface area (Å²) >= 11 is 0. The van der Waals surface area contributed by atoms with E-state index in [2.05, 4.69) is 48.3 Å². The van der Waals surface area contributed by atoms with Gasteiger partial charge in [0, 0.05) is 19.6 Å². The van der Waals surface area contributed by atoms with Crippen LogP contribution in [-0.4, -0.2) is 29.9 Å². The van der Waals surface area contributed by atoms with Crippen LogP contribution in [0.15, 0.2) is 24.3 Å². The number of carbonyl (C=O) groups is 1. The van der Waals surface area contributed by atoms with E-state index in [1.54, 1.807) is 0 Å². The van der Waals surface area contributed by atoms with Crippen molar-refractivity contribution in [2.75, 3.05) is 13.1 Å². The molecule has 3 nitrogen and oxygen atoms in total. The number of benzene rings is 1. The highest BCUT2D eigenvalue weighted by Gasteiger charge is 2.32. The molecule has 0 aromatic heterocycles. The van der Waals surface area contributed by atoms with Crippen molar-refractivity contribution < 1.29 is 4.79 Å². The van der Waals surface area contributed by atoms with E-state index in [4.69, 9.17) is 0 Å². The summed E-state index contributed by atoms with van der Waals surface area (Å²) in [4.78, 5) is 14.7. The van der Waals surface area contributed by atoms with Crippen molar-refractivity contribution in [1.82, 2.24) is 10.2 Å². The van der Waals surface area contributed by atoms with Gasteiger partial charge in [0.05, 0.1) is 6.04 Å². The maximum absolute atomic E-state index is 12.6. The lowest BCUT2D eigenvalue weighted by Crippen LogP contribution is -2.52. The standard InChI is InChI=1S/C17H24N2O/c1-17(2)7-9-19(10-8-17)16(20)15-11-13-5-3-4-6-14(13)12-18-15/h3-6,15,18H,7-12H2,1-2H3/t15-/m0/s1. The van der Waals surface area contributed by atoms with Crippen molar-refractivity contribution in [2.24, 2.45) is 5.41 Å². The van der Waals surface area contributed by atoms with Gasteiger partial charge >= 0.3 is 0 Å². The molecule has 0 aliphatic carbocycles. The molecule has 2 aliphatic heterocycles. The third-order valence-corrected chi connectivity index (χ3v) is 4.81. The van der Waals surface area contributed by atoms with E-state index in [9.17, 15) is 4.79 Å². The number of nitrogens with one attached hydrogen (secondary N) is 1. The van der Waals surface area contributed by atoms with Crippen LogP contribution in [0.25, 0.3) is 0 Å². The third-order valence-electron chi connectivity index (χ3n) is 4.81. The maximum atomic E-state index is 12.6. The summed E-state index contributed by atoms with van der Waals surface area (Å²) in [5.41, 5.74) is 3.04. The molecule has 2 aliphatic rings. The molecule has 1 saturated heterocycles. The van der Waals surface area contributed by atoms with Crippen LogP contribution >= 0.6 is 0 Å². The van der Waals surface area contributed by atoms with Crippen LogP contribution in [0.1, 0.15) is 37.8 Å². The number of rotatable bonds is 1. The van der Waals surface area contributed by atoms with Gasteiger partial charge in [-0.25, -0.2) is 0 Å². The fourth-order valence-corrected chi connectivity index (χ4v) is 3.18. The van der Waals surface area contributed by atoms with Gasteiger partial charge in [0.1, 0.15) is 0 Å². The SMILES string of the molecule is CC1(C)CCN(C(=O)[C@@H]2Cc3ccccc3CN2)CC1. The number of piperidine rings is 1. The van der Waals surface area contributed by atoms with E-state index in [0.717, 1.165) is 38.9 Å². The zero-order chi connectivity index (χ0) is 14.2. The van der Waals surface area contributed by atoms with Gasteiger partial charge in [0.2, 0.25) is 5.91 Å². The lowest BCUT2D eigenvalue weighted by atomic mass is 9.82. The molecule has 1 fully saturated rings. The van der Waals surface area contributed by atoms with Crippen molar-refractivity contribution in [3.05, 3.63) is 35.4 Å². The highest BCUT2D eigenvalue weighted by molar-refractivity contribution is 5.82. The van der Waals surface area contributed by atoms with Crippen molar-refractivity contribution in [1.29, 1.82) is 0 Å². The number of hydrogen-bond donors (Lipinski definition) is 1. The normalized spacial score (nSPS) is 25.1. The van der Waals surface area contributed by atoms with E-state index in [0.29, 0.717) is 5.41 Å². The van der Waals surface area contributed by atoms with Crippen LogP contribution in [0, 0.1) is 5.41 Å². The molecule has 1 amide bonds. The Kier molecular flexibility index (Phi) is 3.55. The fourth-order valence-electron chi connectivity index (χ4n) is 3.18. The molecule has 0 radical (unpaired) electrons. The number of likely N-dealkylation sites (tertiary alicyclic amines) is 1. The van der Waals surface area contributed by atoms with Crippen LogP contribution in [0.3, 0.4) is 0 Å². The van der Waals surface area contributed by atoms with E-state index in [1.807, 2.05) is 0 Å². The first kappa shape index (κ1) is 13.6. The van der Waals surface area contributed by atoms with Crippen LogP contribution in [0.5, 0.6) is 0 Å². The van der Waals surface area contributed by atoms with Crippen LogP contribution in [-0.2, 0) is 17.8 Å². The molecule has 1 aromatic rings. The molecule has 108 valence electrons. The van der Waals surface area contributed by atoms with Crippen molar-refractivity contribution in [3.63, 3.8) is 0 Å². The molecule has 1 aromatic carbocycles. The molecule has 3 heteroatoms. The van der Waals surface area contributed by atoms with E-state index < -0.39 is 0 Å². The Balaban J connectivity index is 1.65. The summed E-state index contributed by atoms with van der Waals surface area (Å²) in [7, 11) is 0. The summed E-state index contributed by atoms with van der Waals surface area (Å²) < 4.78 is 0. The van der Waals surface area contributed by atoms with Crippen molar-refractivity contribution >= 4 is 5.91 Å². The molecule has 0 saturated carbocycles. The quantitative estimate of drug-likeness (QED) is 0.851. The van der Waals surface area contributed by atoms with Crippen LogP contribution in [0.4, 0.5) is 0 Å². The summed E-state index contributed by atoms with van der Waals surface area (Å²) in [5, 5.41) is 3.40. The Morgan fingerprint density at radius 2 is 1.85 bits per heavy atom. The summed E-state index contributed by atoms with van der Waals surface area (Å²) in [6.45, 7) is 7.22. The number of nitrogens with zero attached hydrogens (tertiary/aromatic N) is 1. The Labute approximate surface area is 121 Å². The lowest BCUT2D eigenvalue weighted by Gasteiger charge is -2.39. The number of hydrogen-bond acceptors (Lipinski definition) is 2. The largest absolute Gasteiger partial charge is 0.341 e. The van der Waals surface area contributed by atoms with Crippen LogP contribution in [0.2, 0.25) is 0 Å². The van der Waals surface area contributed by atoms with Gasteiger partial charge in [-0.3, -0.25) is 4.79 Å². The summed E-state index contributed by atoms with van der Waals surface area (Å²) in [6.07, 6.45) is 3.05. The fraction of sp³-hybridized carbons (Fsp3) is 0.588. The highest BCUT2D eigenvalue weighted by Crippen LogP contribution is 2.30. The minimum Gasteiger partial charge on any atom is -0.341 e. The molecule has 0 unspecified atom stereocenters. The van der Waals surface area contributed by atoms with Gasteiger partial charge in [-0.2, -0.15) is 0 Å². The third kappa shape index (κ3) is 2.73. The smallest absolute Gasteiger partial charge is 0.240 e. The van der Waals surface area contributed by atoms with Gasteiger partial charge in [0.15, 0.2) is 0 Å². The zero-order valence-electron chi connectivity index (χ0n) is 12.5. The average molecular weight is 272 g/mol. The second-order valence-corrected chi connectivity index (χ2v) is 6.90. The minimum absolute atomic E-state index is 0.0360. The van der Waals surface area contributed by atoms with E-state index in [-0.39, 0.29) is 11.9 Å². The maximum Gasteiger partial charge on any atom is 0.240 e. The Morgan fingerprint density at radius 3 is 2.55 bits per heavy atom. The van der Waals surface area contributed by atoms with Gasteiger partial charge < -0.3 is 10.2 Å². The molecular formula is C17H24N2O. The number of carbonyl (C=O) groups excluding carboxylic acids is 1. The first-order valence-corrected chi connectivity index (χ1v) is 7.64. The lowest BCUT2D eigenvalue weighted by molar-refractivity contribution is -0.135. The predicted octanol–water partition coefficient (Wildman–Crippen LogP) is 2.35. The Morgan fingerprint density at radius 1 is 1.20 bits per heavy atom. The Bertz CT molecular complexity index is 499. The molecule has 1 N–H and O–H groups in total. The number of fused-ring (bicyclic) bond motifs is 1. The van der Waals surface area contributed by atoms with Gasteiger partial charge in [-0.15, -0.1) is 0 Å². The number of amides is 1. The van der Waals surface area contributed by atoms with Gasteiger partial charge in [0.25, 0.3) is 0 Å². The summed E-state index contributed by atoms with van der Waals surface area (Å²) in [5.74, 6) is 0.287. The molecular weight excluding hydrogens is 248 g/mol.